The highest BCUT2D eigenvalue weighted by Crippen LogP contribution is 2.37. The van der Waals surface area contributed by atoms with Gasteiger partial charge >= 0.3 is 12.2 Å². The topological polar surface area (TPSA) is 94.9 Å². The molecule has 0 bridgehead atoms. The van der Waals surface area contributed by atoms with Gasteiger partial charge in [-0.25, -0.2) is 4.79 Å². The first-order valence-electron chi connectivity index (χ1n) is 11.0. The summed E-state index contributed by atoms with van der Waals surface area (Å²) in [4.78, 5) is 18.7. The highest BCUT2D eigenvalue weighted by Gasteiger charge is 2.34. The maximum absolute atomic E-state index is 13.0. The Kier molecular flexibility index (Phi) is 8.18. The van der Waals surface area contributed by atoms with Gasteiger partial charge < -0.3 is 25.2 Å². The maximum atomic E-state index is 13.0. The second-order valence-corrected chi connectivity index (χ2v) is 8.21. The molecule has 0 saturated heterocycles. The van der Waals surface area contributed by atoms with E-state index in [2.05, 4.69) is 16.9 Å². The Bertz CT molecular complexity index is 1120. The number of nitrogens with one attached hydrogen (secondary N) is 1. The minimum Gasteiger partial charge on any atom is -0.496 e. The normalized spacial score (nSPS) is 15.7. The molecule has 10 heteroatoms. The number of aromatic nitrogens is 1. The molecule has 2 amide bonds. The van der Waals surface area contributed by atoms with Gasteiger partial charge in [-0.15, -0.1) is 6.58 Å². The zero-order valence-corrected chi connectivity index (χ0v) is 19.5. The van der Waals surface area contributed by atoms with Crippen molar-refractivity contribution < 1.29 is 32.9 Å². The molecule has 2 aromatic rings. The number of urea groups is 1. The van der Waals surface area contributed by atoms with Crippen molar-refractivity contribution in [1.29, 1.82) is 0 Å². The van der Waals surface area contributed by atoms with Gasteiger partial charge in [0.05, 0.1) is 31.1 Å². The van der Waals surface area contributed by atoms with Crippen LogP contribution < -0.4 is 10.1 Å². The van der Waals surface area contributed by atoms with Crippen molar-refractivity contribution in [2.75, 3.05) is 32.1 Å². The van der Waals surface area contributed by atoms with E-state index in [0.29, 0.717) is 19.5 Å². The number of aliphatic hydroxyl groups is 2. The van der Waals surface area contributed by atoms with E-state index in [-0.39, 0.29) is 18.0 Å². The number of aliphatic hydroxyl groups excluding tert-OH is 2. The van der Waals surface area contributed by atoms with E-state index in [0.717, 1.165) is 41.6 Å². The summed E-state index contributed by atoms with van der Waals surface area (Å²) in [7, 11) is 1.14. The number of anilines is 1. The Labute approximate surface area is 201 Å². The van der Waals surface area contributed by atoms with Crippen LogP contribution in [0.3, 0.4) is 0 Å². The third-order valence-corrected chi connectivity index (χ3v) is 5.90. The Morgan fingerprint density at radius 2 is 2.11 bits per heavy atom. The van der Waals surface area contributed by atoms with Gasteiger partial charge in [-0.1, -0.05) is 18.2 Å². The van der Waals surface area contributed by atoms with E-state index in [1.54, 1.807) is 17.2 Å². The third kappa shape index (κ3) is 6.01. The Balaban J connectivity index is 1.69. The summed E-state index contributed by atoms with van der Waals surface area (Å²) in [5, 5.41) is 21.8. The minimum absolute atomic E-state index is 0.199. The molecular formula is C25H28F3N3O4. The first kappa shape index (κ1) is 26.2. The van der Waals surface area contributed by atoms with Gasteiger partial charge in [0, 0.05) is 37.0 Å². The number of alkyl halides is 3. The van der Waals surface area contributed by atoms with Crippen LogP contribution in [0.4, 0.5) is 23.7 Å². The van der Waals surface area contributed by atoms with E-state index in [9.17, 15) is 28.2 Å². The zero-order chi connectivity index (χ0) is 25.8. The smallest absolute Gasteiger partial charge is 0.419 e. The number of hydrogen-bond donors (Lipinski definition) is 3. The van der Waals surface area contributed by atoms with Gasteiger partial charge in [0.15, 0.2) is 0 Å². The summed E-state index contributed by atoms with van der Waals surface area (Å²) in [5.74, 6) is -0.810. The van der Waals surface area contributed by atoms with Gasteiger partial charge in [0.1, 0.15) is 5.75 Å². The van der Waals surface area contributed by atoms with Crippen LogP contribution >= 0.6 is 0 Å². The number of carbonyl (C=O) groups is 1. The van der Waals surface area contributed by atoms with Crippen LogP contribution in [0.1, 0.15) is 34.7 Å². The standard InChI is InChI=1S/C25H28F3N3O4/c1-4-19(21(33)14-32)17-11-15(2)23(29-13-17)16-7-9-31(10-8-16)24(34)30-18-5-6-20(25(26,27)28)22(12-18)35-3/h4-7,11-13,19,21,32-33H,1,8-10,14H2,2-3H3,(H,30,34). The van der Waals surface area contributed by atoms with Crippen molar-refractivity contribution >= 4 is 17.3 Å². The monoisotopic (exact) mass is 491 g/mol. The fourth-order valence-electron chi connectivity index (χ4n) is 4.02. The van der Waals surface area contributed by atoms with Crippen molar-refractivity contribution in [3.8, 4) is 5.75 Å². The van der Waals surface area contributed by atoms with E-state index in [1.807, 2.05) is 19.1 Å². The van der Waals surface area contributed by atoms with Crippen molar-refractivity contribution in [3.05, 3.63) is 71.6 Å². The van der Waals surface area contributed by atoms with E-state index >= 15 is 0 Å². The SMILES string of the molecule is C=CC(c1cnc(C2=CCN(C(=O)Nc3ccc(C(F)(F)F)c(OC)c3)CC2)c(C)c1)C(O)CO. The molecule has 2 unspecified atom stereocenters. The van der Waals surface area contributed by atoms with E-state index in [1.165, 1.54) is 6.07 Å². The second-order valence-electron chi connectivity index (χ2n) is 8.21. The van der Waals surface area contributed by atoms with Crippen molar-refractivity contribution in [1.82, 2.24) is 9.88 Å². The third-order valence-electron chi connectivity index (χ3n) is 5.90. The highest BCUT2D eigenvalue weighted by atomic mass is 19.4. The molecule has 3 rings (SSSR count). The van der Waals surface area contributed by atoms with Crippen LogP contribution in [0.2, 0.25) is 0 Å². The fraction of sp³-hybridized carbons (Fsp3) is 0.360. The van der Waals surface area contributed by atoms with Gasteiger partial charge in [-0.3, -0.25) is 4.98 Å². The fourth-order valence-corrected chi connectivity index (χ4v) is 4.02. The summed E-state index contributed by atoms with van der Waals surface area (Å²) in [5.41, 5.74) is 2.66. The maximum Gasteiger partial charge on any atom is 0.419 e. The molecule has 0 fully saturated rings. The van der Waals surface area contributed by atoms with Gasteiger partial charge in [-0.05, 0) is 42.2 Å². The van der Waals surface area contributed by atoms with Gasteiger partial charge in [-0.2, -0.15) is 13.2 Å². The number of halogens is 3. The van der Waals surface area contributed by atoms with Crippen LogP contribution in [0.15, 0.2) is 49.2 Å². The summed E-state index contributed by atoms with van der Waals surface area (Å²) in [6.07, 6.45) is 0.119. The Hall–Kier alpha value is -3.37. The lowest BCUT2D eigenvalue weighted by atomic mass is 9.92. The second kappa shape index (κ2) is 10.9. The molecule has 35 heavy (non-hydrogen) atoms. The number of nitrogens with zero attached hydrogens (tertiary/aromatic N) is 2. The molecule has 2 heterocycles. The largest absolute Gasteiger partial charge is 0.496 e. The van der Waals surface area contributed by atoms with E-state index < -0.39 is 29.8 Å². The Morgan fingerprint density at radius 3 is 2.66 bits per heavy atom. The molecule has 3 N–H and O–H groups in total. The summed E-state index contributed by atoms with van der Waals surface area (Å²) in [6.45, 7) is 5.93. The van der Waals surface area contributed by atoms with Crippen LogP contribution in [0.5, 0.6) is 5.75 Å². The average Bonchev–Trinajstić information content (AvgIpc) is 2.83. The van der Waals surface area contributed by atoms with Crippen LogP contribution in [0, 0.1) is 6.92 Å². The molecule has 0 aliphatic carbocycles. The predicted molar refractivity (Wildman–Crippen MR) is 126 cm³/mol. The lowest BCUT2D eigenvalue weighted by Crippen LogP contribution is -2.38. The number of pyridine rings is 1. The van der Waals surface area contributed by atoms with Gasteiger partial charge in [0.25, 0.3) is 0 Å². The number of methoxy groups -OCH3 is 1. The van der Waals surface area contributed by atoms with E-state index in [4.69, 9.17) is 4.74 Å². The van der Waals surface area contributed by atoms with Crippen LogP contribution in [-0.4, -0.2) is 59.0 Å². The average molecular weight is 492 g/mol. The molecule has 7 nitrogen and oxygen atoms in total. The summed E-state index contributed by atoms with van der Waals surface area (Å²) >= 11 is 0. The highest BCUT2D eigenvalue weighted by molar-refractivity contribution is 5.90. The number of amides is 2. The van der Waals surface area contributed by atoms with Crippen molar-refractivity contribution in [2.45, 2.75) is 31.5 Å². The number of hydrogen-bond acceptors (Lipinski definition) is 5. The predicted octanol–water partition coefficient (Wildman–Crippen LogP) is 4.36. The molecule has 1 aliphatic heterocycles. The molecule has 0 spiro atoms. The summed E-state index contributed by atoms with van der Waals surface area (Å²) in [6, 6.07) is 4.66. The number of benzene rings is 1. The molecule has 2 atom stereocenters. The van der Waals surface area contributed by atoms with Crippen LogP contribution in [0.25, 0.3) is 5.57 Å². The van der Waals surface area contributed by atoms with Crippen molar-refractivity contribution in [2.24, 2.45) is 0 Å². The quantitative estimate of drug-likeness (QED) is 0.501. The number of ether oxygens (including phenoxy) is 1. The van der Waals surface area contributed by atoms with Crippen LogP contribution in [-0.2, 0) is 6.18 Å². The lowest BCUT2D eigenvalue weighted by Gasteiger charge is -2.27. The van der Waals surface area contributed by atoms with Crippen molar-refractivity contribution in [3.63, 3.8) is 0 Å². The first-order valence-corrected chi connectivity index (χ1v) is 11.0. The lowest BCUT2D eigenvalue weighted by molar-refractivity contribution is -0.138. The molecular weight excluding hydrogens is 463 g/mol. The molecule has 1 aliphatic rings. The number of aryl methyl sites for hydroxylation is 1. The Morgan fingerprint density at radius 1 is 1.37 bits per heavy atom. The number of carbonyl (C=O) groups excluding carboxylic acids is 1. The molecule has 188 valence electrons. The molecule has 0 saturated carbocycles. The van der Waals surface area contributed by atoms with Gasteiger partial charge in [0.2, 0.25) is 0 Å². The number of rotatable bonds is 7. The first-order chi connectivity index (χ1) is 16.6. The minimum atomic E-state index is -4.56. The molecule has 1 aromatic carbocycles. The zero-order valence-electron chi connectivity index (χ0n) is 19.5. The molecule has 0 radical (unpaired) electrons. The summed E-state index contributed by atoms with van der Waals surface area (Å²) < 4.78 is 44.0. The molecule has 1 aromatic heterocycles.